The smallest absolute Gasteiger partial charge is 0.270 e. The van der Waals surface area contributed by atoms with Gasteiger partial charge in [0.15, 0.2) is 0 Å². The average molecular weight is 412 g/mol. The fourth-order valence-corrected chi connectivity index (χ4v) is 4.40. The summed E-state index contributed by atoms with van der Waals surface area (Å²) in [7, 11) is 0. The van der Waals surface area contributed by atoms with Gasteiger partial charge in [0, 0.05) is 5.69 Å². The first-order valence-corrected chi connectivity index (χ1v) is 11.3. The topological polar surface area (TPSA) is 97.2 Å². The second-order valence-electron chi connectivity index (χ2n) is 7.89. The minimum atomic E-state index is -0.441. The van der Waals surface area contributed by atoms with Crippen LogP contribution < -0.4 is 11.5 Å². The highest BCUT2D eigenvalue weighted by Crippen LogP contribution is 2.26. The Morgan fingerprint density at radius 3 is 2.50 bits per heavy atom. The van der Waals surface area contributed by atoms with Gasteiger partial charge in [0.25, 0.3) is 5.91 Å². The van der Waals surface area contributed by atoms with Gasteiger partial charge < -0.3 is 16.6 Å². The Balaban J connectivity index is 0.00000104. The molecule has 1 amide bonds. The van der Waals surface area contributed by atoms with Gasteiger partial charge in [-0.15, -0.1) is 0 Å². The lowest BCUT2D eigenvalue weighted by Crippen LogP contribution is -2.45. The fourth-order valence-electron chi connectivity index (χ4n) is 4.40. The van der Waals surface area contributed by atoms with Crippen LogP contribution in [0.4, 0.5) is 0 Å². The number of rotatable bonds is 4. The van der Waals surface area contributed by atoms with Crippen LogP contribution in [-0.4, -0.2) is 28.1 Å². The molecule has 2 aliphatic rings. The molecule has 4 rings (SSSR count). The van der Waals surface area contributed by atoms with Crippen LogP contribution in [0, 0.1) is 0 Å². The number of benzene rings is 1. The van der Waals surface area contributed by atoms with E-state index in [9.17, 15) is 9.90 Å². The molecular weight excluding hydrogens is 374 g/mol. The largest absolute Gasteiger partial charge is 0.391 e. The van der Waals surface area contributed by atoms with E-state index < -0.39 is 6.10 Å². The summed E-state index contributed by atoms with van der Waals surface area (Å²) in [5, 5.41) is 13.2. The summed E-state index contributed by atoms with van der Waals surface area (Å²) < 4.78 is 0. The van der Waals surface area contributed by atoms with Crippen LogP contribution in [-0.2, 0) is 19.3 Å². The lowest BCUT2D eigenvalue weighted by Gasteiger charge is -2.28. The molecule has 0 saturated heterocycles. The van der Waals surface area contributed by atoms with Crippen LogP contribution in [0.2, 0.25) is 0 Å². The Kier molecular flexibility index (Phi) is 9.47. The Bertz CT molecular complexity index is 808. The zero-order chi connectivity index (χ0) is 20.6. The molecule has 1 heterocycles. The van der Waals surface area contributed by atoms with Crippen LogP contribution in [0.5, 0.6) is 0 Å². The molecule has 0 radical (unpaired) electrons. The third kappa shape index (κ3) is 5.89. The Morgan fingerprint density at radius 2 is 1.77 bits per heavy atom. The van der Waals surface area contributed by atoms with E-state index in [4.69, 9.17) is 4.98 Å². The standard InChI is InChI=1S/C23H28N2O2.C2H6.H3N/c26-22-13-7-6-12-20(22)25-23(27)21-15-17(14-16-8-2-1-3-9-16)18-10-4-5-11-19(18)24-21;1-2;/h1-3,8-9,15,20,22,26H,4-7,10-14H2,(H,25,27);1-2H3;1H3/t20-,22-;;/m0../s1. The molecule has 2 aromatic rings. The van der Waals surface area contributed by atoms with Crippen LogP contribution >= 0.6 is 0 Å². The lowest BCUT2D eigenvalue weighted by molar-refractivity contribution is 0.0713. The number of aryl methyl sites for hydroxylation is 1. The molecule has 5 nitrogen and oxygen atoms in total. The molecule has 0 bridgehead atoms. The second-order valence-corrected chi connectivity index (χ2v) is 7.89. The van der Waals surface area contributed by atoms with E-state index in [1.165, 1.54) is 23.1 Å². The zero-order valence-electron chi connectivity index (χ0n) is 18.5. The number of carbonyl (C=O) groups is 1. The minimum Gasteiger partial charge on any atom is -0.391 e. The van der Waals surface area contributed by atoms with Gasteiger partial charge in [-0.2, -0.15) is 0 Å². The number of carbonyl (C=O) groups excluding carboxylic acids is 1. The molecule has 0 aliphatic heterocycles. The summed E-state index contributed by atoms with van der Waals surface area (Å²) in [6, 6.07) is 12.2. The number of hydrogen-bond acceptors (Lipinski definition) is 4. The third-order valence-electron chi connectivity index (χ3n) is 5.91. The molecule has 1 fully saturated rings. The van der Waals surface area contributed by atoms with Crippen molar-refractivity contribution in [1.29, 1.82) is 0 Å². The second kappa shape index (κ2) is 11.8. The van der Waals surface area contributed by atoms with Gasteiger partial charge in [0.1, 0.15) is 5.69 Å². The van der Waals surface area contributed by atoms with Crippen molar-refractivity contribution < 1.29 is 9.90 Å². The number of fused-ring (bicyclic) bond motifs is 1. The minimum absolute atomic E-state index is 0. The van der Waals surface area contributed by atoms with Crippen LogP contribution in [0.25, 0.3) is 0 Å². The highest BCUT2D eigenvalue weighted by molar-refractivity contribution is 5.93. The lowest BCUT2D eigenvalue weighted by atomic mass is 9.89. The molecule has 164 valence electrons. The van der Waals surface area contributed by atoms with Crippen molar-refractivity contribution in [3.05, 3.63) is 64.5 Å². The van der Waals surface area contributed by atoms with Gasteiger partial charge in [0.05, 0.1) is 12.1 Å². The summed E-state index contributed by atoms with van der Waals surface area (Å²) >= 11 is 0. The van der Waals surface area contributed by atoms with E-state index in [0.717, 1.165) is 57.1 Å². The van der Waals surface area contributed by atoms with Crippen LogP contribution in [0.3, 0.4) is 0 Å². The van der Waals surface area contributed by atoms with Crippen molar-refractivity contribution in [2.75, 3.05) is 0 Å². The predicted molar refractivity (Wildman–Crippen MR) is 122 cm³/mol. The van der Waals surface area contributed by atoms with Crippen molar-refractivity contribution in [3.63, 3.8) is 0 Å². The van der Waals surface area contributed by atoms with Crippen molar-refractivity contribution in [2.45, 2.75) is 83.8 Å². The Labute approximate surface area is 180 Å². The summed E-state index contributed by atoms with van der Waals surface area (Å²) in [6.45, 7) is 4.00. The van der Waals surface area contributed by atoms with Crippen molar-refractivity contribution in [3.8, 4) is 0 Å². The predicted octanol–water partition coefficient (Wildman–Crippen LogP) is 4.77. The number of amides is 1. The van der Waals surface area contributed by atoms with Gasteiger partial charge in [-0.05, 0) is 67.7 Å². The molecule has 0 unspecified atom stereocenters. The zero-order valence-corrected chi connectivity index (χ0v) is 18.5. The van der Waals surface area contributed by atoms with Gasteiger partial charge in [-0.1, -0.05) is 57.0 Å². The first kappa shape index (κ1) is 24.0. The summed E-state index contributed by atoms with van der Waals surface area (Å²) in [6.07, 6.45) is 8.41. The summed E-state index contributed by atoms with van der Waals surface area (Å²) in [5.41, 5.74) is 5.40. The normalized spacial score (nSPS) is 20.1. The number of nitrogens with zero attached hydrogens (tertiary/aromatic N) is 1. The maximum atomic E-state index is 12.9. The third-order valence-corrected chi connectivity index (χ3v) is 5.91. The first-order chi connectivity index (χ1) is 14.2. The Morgan fingerprint density at radius 1 is 1.07 bits per heavy atom. The molecule has 5 heteroatoms. The van der Waals surface area contributed by atoms with E-state index in [1.807, 2.05) is 26.0 Å². The van der Waals surface area contributed by atoms with Gasteiger partial charge >= 0.3 is 0 Å². The molecular formula is C25H37N3O2. The van der Waals surface area contributed by atoms with Crippen LogP contribution in [0.15, 0.2) is 36.4 Å². The molecule has 1 aromatic heterocycles. The van der Waals surface area contributed by atoms with Gasteiger partial charge in [-0.25, -0.2) is 4.98 Å². The maximum absolute atomic E-state index is 12.9. The SMILES string of the molecule is CC.N.O=C(N[C@H]1CCCC[C@@H]1O)c1cc(Cc2ccccc2)c2c(n1)CCCC2. The van der Waals surface area contributed by atoms with E-state index in [1.54, 1.807) is 0 Å². The molecule has 2 atom stereocenters. The van der Waals surface area contributed by atoms with Gasteiger partial charge in [-0.3, -0.25) is 4.79 Å². The maximum Gasteiger partial charge on any atom is 0.270 e. The number of nitrogens with one attached hydrogen (secondary N) is 1. The summed E-state index contributed by atoms with van der Waals surface area (Å²) in [4.78, 5) is 17.6. The molecule has 1 saturated carbocycles. The van der Waals surface area contributed by atoms with E-state index in [0.29, 0.717) is 5.69 Å². The van der Waals surface area contributed by atoms with E-state index in [2.05, 4.69) is 29.6 Å². The highest BCUT2D eigenvalue weighted by atomic mass is 16.3. The van der Waals surface area contributed by atoms with Crippen molar-refractivity contribution in [2.24, 2.45) is 0 Å². The number of pyridine rings is 1. The average Bonchev–Trinajstić information content (AvgIpc) is 2.77. The van der Waals surface area contributed by atoms with E-state index in [-0.39, 0.29) is 18.1 Å². The first-order valence-electron chi connectivity index (χ1n) is 11.3. The molecule has 1 aromatic carbocycles. The summed E-state index contributed by atoms with van der Waals surface area (Å²) in [5.74, 6) is -0.149. The number of aromatic nitrogens is 1. The van der Waals surface area contributed by atoms with Gasteiger partial charge in [0.2, 0.25) is 0 Å². The highest BCUT2D eigenvalue weighted by Gasteiger charge is 2.26. The number of aliphatic hydroxyl groups is 1. The molecule has 30 heavy (non-hydrogen) atoms. The number of hydrogen-bond donors (Lipinski definition) is 3. The van der Waals surface area contributed by atoms with Crippen molar-refractivity contribution >= 4 is 5.91 Å². The molecule has 5 N–H and O–H groups in total. The van der Waals surface area contributed by atoms with E-state index >= 15 is 0 Å². The fraction of sp³-hybridized carbons (Fsp3) is 0.520. The van der Waals surface area contributed by atoms with Crippen LogP contribution in [0.1, 0.15) is 85.2 Å². The quantitative estimate of drug-likeness (QED) is 0.675. The monoisotopic (exact) mass is 411 g/mol. The molecule has 0 spiro atoms. The molecule has 2 aliphatic carbocycles. The Hall–Kier alpha value is -2.24. The number of aliphatic hydroxyl groups excluding tert-OH is 1. The van der Waals surface area contributed by atoms with Crippen molar-refractivity contribution in [1.82, 2.24) is 16.5 Å².